The van der Waals surface area contributed by atoms with Crippen molar-refractivity contribution in [1.82, 2.24) is 30.2 Å². The fraction of sp³-hybridized carbons (Fsp3) is 0.333. The van der Waals surface area contributed by atoms with Gasteiger partial charge >= 0.3 is 0 Å². The lowest BCUT2D eigenvalue weighted by molar-refractivity contribution is -0.119. The largest absolute Gasteiger partial charge is 0.292 e. The molecule has 0 spiro atoms. The number of amides is 1. The topological polar surface area (TPSA) is 89.7 Å². The third-order valence-corrected chi connectivity index (χ3v) is 6.30. The highest BCUT2D eigenvalue weighted by molar-refractivity contribution is 5.95. The van der Waals surface area contributed by atoms with Crippen LogP contribution in [-0.2, 0) is 23.3 Å². The summed E-state index contributed by atoms with van der Waals surface area (Å²) in [6, 6.07) is 16.5. The zero-order valence-electron chi connectivity index (χ0n) is 20.8. The summed E-state index contributed by atoms with van der Waals surface area (Å²) in [5.74, 6) is 2.16. The maximum Gasteiger partial charge on any atom is 0.228 e. The second kappa shape index (κ2) is 8.69. The van der Waals surface area contributed by atoms with Gasteiger partial charge in [-0.05, 0) is 74.2 Å². The quantitative estimate of drug-likeness (QED) is 0.434. The standard InChI is InChI=1S/C27H29N7O/c1-17-21-13-14-24(35)33(25(21)29-18(2)28-17)16-19-11-12-22(20-9-7-6-8-10-20)23(15-19)26-30-31-32-34(26)27(3,4)5/h6-12,15H,13-14,16H2,1-5H3. The van der Waals surface area contributed by atoms with Gasteiger partial charge in [0.2, 0.25) is 5.91 Å². The lowest BCUT2D eigenvalue weighted by atomic mass is 9.95. The fourth-order valence-corrected chi connectivity index (χ4v) is 4.62. The van der Waals surface area contributed by atoms with Crippen LogP contribution in [0.2, 0.25) is 0 Å². The van der Waals surface area contributed by atoms with Crippen molar-refractivity contribution in [3.8, 4) is 22.5 Å². The number of tetrazole rings is 1. The van der Waals surface area contributed by atoms with E-state index < -0.39 is 0 Å². The predicted octanol–water partition coefficient (Wildman–Crippen LogP) is 4.65. The molecule has 3 heterocycles. The Balaban J connectivity index is 1.62. The second-order valence-corrected chi connectivity index (χ2v) is 9.97. The molecule has 2 aromatic heterocycles. The van der Waals surface area contributed by atoms with E-state index in [0.717, 1.165) is 39.3 Å². The first-order chi connectivity index (χ1) is 16.7. The van der Waals surface area contributed by atoms with Crippen molar-refractivity contribution in [2.24, 2.45) is 0 Å². The van der Waals surface area contributed by atoms with E-state index in [-0.39, 0.29) is 11.4 Å². The smallest absolute Gasteiger partial charge is 0.228 e. The number of carbonyl (C=O) groups is 1. The molecule has 0 aliphatic carbocycles. The van der Waals surface area contributed by atoms with E-state index >= 15 is 0 Å². The van der Waals surface area contributed by atoms with Gasteiger partial charge in [0.05, 0.1) is 12.1 Å². The minimum Gasteiger partial charge on any atom is -0.292 e. The molecule has 0 radical (unpaired) electrons. The summed E-state index contributed by atoms with van der Waals surface area (Å²) in [6.45, 7) is 10.5. The van der Waals surface area contributed by atoms with E-state index in [1.54, 1.807) is 4.90 Å². The first-order valence-electron chi connectivity index (χ1n) is 11.8. The van der Waals surface area contributed by atoms with Crippen molar-refractivity contribution in [3.05, 3.63) is 71.2 Å². The molecule has 0 saturated heterocycles. The number of anilines is 1. The van der Waals surface area contributed by atoms with E-state index in [9.17, 15) is 4.79 Å². The zero-order chi connectivity index (χ0) is 24.7. The number of aromatic nitrogens is 6. The molecule has 35 heavy (non-hydrogen) atoms. The van der Waals surface area contributed by atoms with Gasteiger partial charge in [0.15, 0.2) is 5.82 Å². The van der Waals surface area contributed by atoms with Crippen LogP contribution in [0.3, 0.4) is 0 Å². The molecule has 0 N–H and O–H groups in total. The Labute approximate surface area is 205 Å². The van der Waals surface area contributed by atoms with Crippen molar-refractivity contribution < 1.29 is 4.79 Å². The number of nitrogens with zero attached hydrogens (tertiary/aromatic N) is 7. The van der Waals surface area contributed by atoms with Crippen LogP contribution in [-0.4, -0.2) is 36.1 Å². The van der Waals surface area contributed by atoms with E-state index in [1.807, 2.05) is 36.7 Å². The summed E-state index contributed by atoms with van der Waals surface area (Å²) >= 11 is 0. The highest BCUT2D eigenvalue weighted by atomic mass is 16.2. The van der Waals surface area contributed by atoms with Gasteiger partial charge in [0.1, 0.15) is 11.6 Å². The van der Waals surface area contributed by atoms with E-state index in [1.165, 1.54) is 0 Å². The molecule has 5 rings (SSSR count). The number of carbonyl (C=O) groups excluding carboxylic acids is 1. The molecule has 0 unspecified atom stereocenters. The predicted molar refractivity (Wildman–Crippen MR) is 135 cm³/mol. The number of rotatable bonds is 4. The molecule has 8 heteroatoms. The number of fused-ring (bicyclic) bond motifs is 1. The minimum atomic E-state index is -0.295. The van der Waals surface area contributed by atoms with Crippen LogP contribution >= 0.6 is 0 Å². The maximum absolute atomic E-state index is 13.0. The maximum atomic E-state index is 13.0. The summed E-state index contributed by atoms with van der Waals surface area (Å²) in [6.07, 6.45) is 1.13. The van der Waals surface area contributed by atoms with Crippen LogP contribution in [0.4, 0.5) is 5.82 Å². The molecule has 178 valence electrons. The minimum absolute atomic E-state index is 0.0724. The Hall–Kier alpha value is -3.94. The summed E-state index contributed by atoms with van der Waals surface area (Å²) in [5.41, 5.74) is 5.72. The van der Waals surface area contributed by atoms with Gasteiger partial charge in [-0.1, -0.05) is 42.5 Å². The van der Waals surface area contributed by atoms with Gasteiger partial charge in [-0.25, -0.2) is 14.6 Å². The molecule has 0 bridgehead atoms. The lowest BCUT2D eigenvalue weighted by Gasteiger charge is -2.29. The molecule has 1 amide bonds. The van der Waals surface area contributed by atoms with E-state index in [0.29, 0.717) is 31.0 Å². The molecule has 2 aromatic carbocycles. The van der Waals surface area contributed by atoms with Crippen molar-refractivity contribution in [2.75, 3.05) is 4.90 Å². The molecular weight excluding hydrogens is 438 g/mol. The number of benzene rings is 2. The fourth-order valence-electron chi connectivity index (χ4n) is 4.62. The van der Waals surface area contributed by atoms with Gasteiger partial charge < -0.3 is 0 Å². The molecule has 0 saturated carbocycles. The average Bonchev–Trinajstić information content (AvgIpc) is 3.32. The molecular formula is C27H29N7O. The second-order valence-electron chi connectivity index (χ2n) is 9.97. The van der Waals surface area contributed by atoms with Gasteiger partial charge in [-0.3, -0.25) is 9.69 Å². The van der Waals surface area contributed by atoms with Crippen LogP contribution in [0.25, 0.3) is 22.5 Å². The summed E-state index contributed by atoms with van der Waals surface area (Å²) in [5, 5.41) is 12.7. The first-order valence-corrected chi connectivity index (χ1v) is 11.8. The number of aryl methyl sites for hydroxylation is 2. The summed E-state index contributed by atoms with van der Waals surface area (Å²) in [7, 11) is 0. The molecule has 1 aliphatic heterocycles. The van der Waals surface area contributed by atoms with E-state index in [2.05, 4.69) is 76.6 Å². The van der Waals surface area contributed by atoms with Crippen LogP contribution in [0.1, 0.15) is 49.8 Å². The van der Waals surface area contributed by atoms with Gasteiger partial charge in [-0.2, -0.15) is 0 Å². The van der Waals surface area contributed by atoms with Crippen molar-refractivity contribution >= 4 is 11.7 Å². The Bertz CT molecular complexity index is 1400. The molecule has 4 aromatic rings. The zero-order valence-corrected chi connectivity index (χ0v) is 20.8. The summed E-state index contributed by atoms with van der Waals surface area (Å²) in [4.78, 5) is 23.9. The number of hydrogen-bond donors (Lipinski definition) is 0. The van der Waals surface area contributed by atoms with Crippen molar-refractivity contribution in [3.63, 3.8) is 0 Å². The Morgan fingerprint density at radius 2 is 1.71 bits per heavy atom. The van der Waals surface area contributed by atoms with Crippen molar-refractivity contribution in [1.29, 1.82) is 0 Å². The van der Waals surface area contributed by atoms with Crippen LogP contribution in [0, 0.1) is 13.8 Å². The summed E-state index contributed by atoms with van der Waals surface area (Å²) < 4.78 is 1.85. The monoisotopic (exact) mass is 467 g/mol. The highest BCUT2D eigenvalue weighted by Gasteiger charge is 2.29. The van der Waals surface area contributed by atoms with Crippen molar-refractivity contribution in [2.45, 2.75) is 59.5 Å². The number of hydrogen-bond acceptors (Lipinski definition) is 6. The molecule has 1 aliphatic rings. The molecule has 0 atom stereocenters. The van der Waals surface area contributed by atoms with Crippen LogP contribution in [0.15, 0.2) is 48.5 Å². The van der Waals surface area contributed by atoms with E-state index in [4.69, 9.17) is 0 Å². The normalized spacial score (nSPS) is 13.7. The Morgan fingerprint density at radius 1 is 0.943 bits per heavy atom. The third-order valence-electron chi connectivity index (χ3n) is 6.30. The third kappa shape index (κ3) is 4.32. The molecule has 8 nitrogen and oxygen atoms in total. The van der Waals surface area contributed by atoms with Gasteiger partial charge in [0, 0.05) is 23.2 Å². The Kier molecular flexibility index (Phi) is 5.67. The van der Waals surface area contributed by atoms with Crippen LogP contribution < -0.4 is 4.90 Å². The highest BCUT2D eigenvalue weighted by Crippen LogP contribution is 2.35. The average molecular weight is 468 g/mol. The SMILES string of the molecule is Cc1nc(C)c2c(n1)N(Cc1ccc(-c3ccccc3)c(-c3nnnn3C(C)(C)C)c1)C(=O)CC2. The lowest BCUT2D eigenvalue weighted by Crippen LogP contribution is -2.36. The molecule has 0 fully saturated rings. The van der Waals surface area contributed by atoms with Crippen LogP contribution in [0.5, 0.6) is 0 Å². The van der Waals surface area contributed by atoms with Gasteiger partial charge in [-0.15, -0.1) is 5.10 Å². The first kappa shape index (κ1) is 22.8. The van der Waals surface area contributed by atoms with Gasteiger partial charge in [0.25, 0.3) is 0 Å². The Morgan fingerprint density at radius 3 is 2.46 bits per heavy atom.